The van der Waals surface area contributed by atoms with Crippen molar-refractivity contribution in [1.82, 2.24) is 0 Å². The van der Waals surface area contributed by atoms with Gasteiger partial charge >= 0.3 is 0 Å². The lowest BCUT2D eigenvalue weighted by atomic mass is 10.2. The summed E-state index contributed by atoms with van der Waals surface area (Å²) >= 11 is 5.87. The molecule has 0 aliphatic rings. The fraction of sp³-hybridized carbons (Fsp3) is 0. The minimum absolute atomic E-state index is 0.0433. The summed E-state index contributed by atoms with van der Waals surface area (Å²) in [5, 5.41) is 15.1. The molecule has 0 aliphatic heterocycles. The summed E-state index contributed by atoms with van der Waals surface area (Å²) < 4.78 is 0. The molecule has 0 unspecified atom stereocenters. The van der Waals surface area contributed by atoms with Gasteiger partial charge in [-0.2, -0.15) is 5.26 Å². The maximum atomic E-state index is 12.1. The number of nitrogens with one attached hydrogen (secondary N) is 2. The van der Waals surface area contributed by atoms with E-state index in [4.69, 9.17) is 22.6 Å². The lowest BCUT2D eigenvalue weighted by molar-refractivity contribution is -0.112. The molecule has 2 aromatic rings. The van der Waals surface area contributed by atoms with Crippen molar-refractivity contribution >= 4 is 28.9 Å². The number of nitrogens with zero attached hydrogens (tertiary/aromatic N) is 1. The number of para-hydroxylation sites is 1. The molecule has 0 saturated carbocycles. The third-order valence-electron chi connectivity index (χ3n) is 2.74. The predicted octanol–water partition coefficient (Wildman–Crippen LogP) is 3.08. The van der Waals surface area contributed by atoms with E-state index in [-0.39, 0.29) is 11.4 Å². The number of hydrogen-bond acceptors (Lipinski definition) is 4. The summed E-state index contributed by atoms with van der Waals surface area (Å²) in [5.74, 6) is -0.626. The van der Waals surface area contributed by atoms with Crippen LogP contribution in [0.25, 0.3) is 0 Å². The Morgan fingerprint density at radius 1 is 1.05 bits per heavy atom. The zero-order chi connectivity index (χ0) is 15.9. The van der Waals surface area contributed by atoms with E-state index in [0.717, 1.165) is 0 Å². The van der Waals surface area contributed by atoms with Crippen LogP contribution in [0.15, 0.2) is 66.0 Å². The molecule has 0 spiro atoms. The number of carbonyl (C=O) groups excluding carboxylic acids is 1. The van der Waals surface area contributed by atoms with Crippen LogP contribution in [0, 0.1) is 11.3 Å². The third kappa shape index (κ3) is 4.01. The number of nitrogens with two attached hydrogens (primary N) is 1. The molecule has 1 amide bonds. The lowest BCUT2D eigenvalue weighted by Crippen LogP contribution is -2.21. The second kappa shape index (κ2) is 7.16. The van der Waals surface area contributed by atoms with Gasteiger partial charge in [0.1, 0.15) is 11.9 Å². The first-order valence-electron chi connectivity index (χ1n) is 6.39. The van der Waals surface area contributed by atoms with Gasteiger partial charge in [-0.1, -0.05) is 35.9 Å². The zero-order valence-electron chi connectivity index (χ0n) is 11.5. The normalized spacial score (nSPS) is 11.1. The zero-order valence-corrected chi connectivity index (χ0v) is 12.3. The van der Waals surface area contributed by atoms with Crippen LogP contribution >= 0.6 is 11.6 Å². The van der Waals surface area contributed by atoms with Gasteiger partial charge in [0.25, 0.3) is 5.91 Å². The number of hydrogen-bond donors (Lipinski definition) is 3. The summed E-state index contributed by atoms with van der Waals surface area (Å²) in [6.07, 6.45) is 0. The molecule has 2 aromatic carbocycles. The molecule has 0 heterocycles. The Labute approximate surface area is 133 Å². The Kier molecular flexibility index (Phi) is 5.02. The van der Waals surface area contributed by atoms with E-state index < -0.39 is 5.91 Å². The van der Waals surface area contributed by atoms with Crippen molar-refractivity contribution in [2.75, 3.05) is 10.6 Å². The van der Waals surface area contributed by atoms with Crippen molar-refractivity contribution in [1.29, 1.82) is 5.26 Å². The van der Waals surface area contributed by atoms with Crippen LogP contribution in [0.1, 0.15) is 0 Å². The Hall–Kier alpha value is -2.97. The third-order valence-corrected chi connectivity index (χ3v) is 2.98. The molecule has 0 aromatic heterocycles. The minimum atomic E-state index is -0.583. The largest absolute Gasteiger partial charge is 0.384 e. The van der Waals surface area contributed by atoms with E-state index in [1.807, 2.05) is 6.07 Å². The van der Waals surface area contributed by atoms with Gasteiger partial charge in [0.05, 0.1) is 0 Å². The van der Waals surface area contributed by atoms with Crippen molar-refractivity contribution in [3.05, 3.63) is 71.0 Å². The average molecular weight is 313 g/mol. The Balaban J connectivity index is 2.18. The number of benzene rings is 2. The van der Waals surface area contributed by atoms with E-state index in [1.54, 1.807) is 54.6 Å². The van der Waals surface area contributed by atoms with E-state index in [9.17, 15) is 4.79 Å². The van der Waals surface area contributed by atoms with Crippen LogP contribution in [0.5, 0.6) is 0 Å². The average Bonchev–Trinajstić information content (AvgIpc) is 2.49. The summed E-state index contributed by atoms with van der Waals surface area (Å²) in [4.78, 5) is 12.1. The fourth-order valence-corrected chi connectivity index (χ4v) is 1.92. The highest BCUT2D eigenvalue weighted by atomic mass is 35.5. The van der Waals surface area contributed by atoms with Gasteiger partial charge in [0.2, 0.25) is 0 Å². The SMILES string of the molecule is N#C/C(C(=O)Nc1ccccc1)=C(\N)Nc1cccc(Cl)c1. The lowest BCUT2D eigenvalue weighted by Gasteiger charge is -2.10. The summed E-state index contributed by atoms with van der Waals surface area (Å²) in [6, 6.07) is 17.4. The van der Waals surface area contributed by atoms with Crippen molar-refractivity contribution in [2.24, 2.45) is 5.73 Å². The molecule has 0 saturated heterocycles. The molecule has 0 fully saturated rings. The number of carbonyl (C=O) groups is 1. The number of rotatable bonds is 4. The number of halogens is 1. The topological polar surface area (TPSA) is 90.9 Å². The molecule has 110 valence electrons. The second-order valence-electron chi connectivity index (χ2n) is 4.36. The van der Waals surface area contributed by atoms with Gasteiger partial charge in [-0.15, -0.1) is 0 Å². The van der Waals surface area contributed by atoms with Crippen molar-refractivity contribution in [3.63, 3.8) is 0 Å². The fourth-order valence-electron chi connectivity index (χ4n) is 1.73. The molecule has 0 radical (unpaired) electrons. The van der Waals surface area contributed by atoms with Gasteiger partial charge in [0, 0.05) is 16.4 Å². The van der Waals surface area contributed by atoms with Crippen LogP contribution in [-0.4, -0.2) is 5.91 Å². The highest BCUT2D eigenvalue weighted by Crippen LogP contribution is 2.17. The van der Waals surface area contributed by atoms with Crippen molar-refractivity contribution in [3.8, 4) is 6.07 Å². The molecular weight excluding hydrogens is 300 g/mol. The van der Waals surface area contributed by atoms with Gasteiger partial charge < -0.3 is 16.4 Å². The molecule has 4 N–H and O–H groups in total. The Morgan fingerprint density at radius 2 is 1.73 bits per heavy atom. The summed E-state index contributed by atoms with van der Waals surface area (Å²) in [6.45, 7) is 0. The van der Waals surface area contributed by atoms with Crippen LogP contribution in [0.3, 0.4) is 0 Å². The minimum Gasteiger partial charge on any atom is -0.384 e. The second-order valence-corrected chi connectivity index (χ2v) is 4.79. The van der Waals surface area contributed by atoms with Crippen LogP contribution in [-0.2, 0) is 4.79 Å². The standard InChI is InChI=1S/C16H13ClN4O/c17-11-5-4-8-13(9-11)20-15(19)14(10-18)16(22)21-12-6-2-1-3-7-12/h1-9,20H,19H2,(H,21,22)/b15-14-. The molecule has 2 rings (SSSR count). The number of anilines is 2. The van der Waals surface area contributed by atoms with E-state index >= 15 is 0 Å². The monoisotopic (exact) mass is 312 g/mol. The number of amides is 1. The van der Waals surface area contributed by atoms with Crippen LogP contribution in [0.4, 0.5) is 11.4 Å². The Bertz CT molecular complexity index is 750. The van der Waals surface area contributed by atoms with Crippen molar-refractivity contribution in [2.45, 2.75) is 0 Å². The molecule has 6 heteroatoms. The molecule has 22 heavy (non-hydrogen) atoms. The van der Waals surface area contributed by atoms with Crippen LogP contribution < -0.4 is 16.4 Å². The molecule has 0 atom stereocenters. The maximum absolute atomic E-state index is 12.1. The molecule has 0 aliphatic carbocycles. The van der Waals surface area contributed by atoms with E-state index in [1.165, 1.54) is 0 Å². The van der Waals surface area contributed by atoms with Gasteiger partial charge in [0.15, 0.2) is 5.57 Å². The highest BCUT2D eigenvalue weighted by Gasteiger charge is 2.14. The highest BCUT2D eigenvalue weighted by molar-refractivity contribution is 6.30. The first-order valence-corrected chi connectivity index (χ1v) is 6.77. The smallest absolute Gasteiger partial charge is 0.270 e. The van der Waals surface area contributed by atoms with Crippen molar-refractivity contribution < 1.29 is 4.79 Å². The Morgan fingerprint density at radius 3 is 2.36 bits per heavy atom. The quantitative estimate of drug-likeness (QED) is 0.597. The molecular formula is C16H13ClN4O. The summed E-state index contributed by atoms with van der Waals surface area (Å²) in [7, 11) is 0. The van der Waals surface area contributed by atoms with Crippen LogP contribution in [0.2, 0.25) is 5.02 Å². The summed E-state index contributed by atoms with van der Waals surface area (Å²) in [5.41, 5.74) is 6.77. The van der Waals surface area contributed by atoms with Gasteiger partial charge in [-0.3, -0.25) is 4.79 Å². The molecule has 5 nitrogen and oxygen atoms in total. The first-order chi connectivity index (χ1) is 10.6. The molecule has 0 bridgehead atoms. The van der Waals surface area contributed by atoms with E-state index in [2.05, 4.69) is 10.6 Å². The van der Waals surface area contributed by atoms with E-state index in [0.29, 0.717) is 16.4 Å². The van der Waals surface area contributed by atoms with Gasteiger partial charge in [-0.05, 0) is 30.3 Å². The first kappa shape index (κ1) is 15.4. The maximum Gasteiger partial charge on any atom is 0.270 e. The van der Waals surface area contributed by atoms with Gasteiger partial charge in [-0.25, -0.2) is 0 Å². The predicted molar refractivity (Wildman–Crippen MR) is 87.0 cm³/mol. The number of nitriles is 1.